The molecule has 1 N–H and O–H groups in total. The zero-order valence-corrected chi connectivity index (χ0v) is 16.0. The lowest BCUT2D eigenvalue weighted by atomic mass is 10.1. The maximum atomic E-state index is 12.4. The minimum Gasteiger partial charge on any atom is -0.447 e. The summed E-state index contributed by atoms with van der Waals surface area (Å²) in [7, 11) is 0. The van der Waals surface area contributed by atoms with Gasteiger partial charge in [0.15, 0.2) is 0 Å². The van der Waals surface area contributed by atoms with Crippen LogP contribution in [-0.4, -0.2) is 28.4 Å². The lowest BCUT2D eigenvalue weighted by Gasteiger charge is -2.30. The first-order chi connectivity index (χ1) is 12.4. The Morgan fingerprint density at radius 2 is 1.81 bits per heavy atom. The summed E-state index contributed by atoms with van der Waals surface area (Å²) in [6, 6.07) is 16.5. The molecule has 2 amide bonds. The fraction of sp³-hybridized carbons (Fsp3) is 0.211. The molecule has 1 atom stereocenters. The number of halogens is 1. The Balaban J connectivity index is 1.78. The monoisotopic (exact) mass is 415 g/mol. The number of rotatable bonds is 4. The minimum atomic E-state index is -1.19. The van der Waals surface area contributed by atoms with Crippen LogP contribution >= 0.6 is 15.9 Å². The van der Waals surface area contributed by atoms with Crippen molar-refractivity contribution in [1.82, 2.24) is 5.01 Å². The largest absolute Gasteiger partial charge is 0.447 e. The number of anilines is 1. The predicted molar refractivity (Wildman–Crippen MR) is 102 cm³/mol. The maximum Gasteiger partial charge on any atom is 0.243 e. The summed E-state index contributed by atoms with van der Waals surface area (Å²) in [6.45, 7) is 3.07. The van der Waals surface area contributed by atoms with E-state index in [2.05, 4.69) is 26.3 Å². The highest BCUT2D eigenvalue weighted by atomic mass is 79.9. The third kappa shape index (κ3) is 3.94. The average molecular weight is 416 g/mol. The molecule has 3 rings (SSSR count). The molecule has 1 unspecified atom stereocenters. The molecule has 0 radical (unpaired) electrons. The van der Waals surface area contributed by atoms with Crippen molar-refractivity contribution in [3.05, 3.63) is 64.6 Å². The average Bonchev–Trinajstić information content (AvgIpc) is 2.93. The summed E-state index contributed by atoms with van der Waals surface area (Å²) in [4.78, 5) is 24.5. The van der Waals surface area contributed by atoms with E-state index >= 15 is 0 Å². The summed E-state index contributed by atoms with van der Waals surface area (Å²) < 4.78 is 6.86. The van der Waals surface area contributed by atoms with Gasteiger partial charge in [-0.25, -0.2) is 0 Å². The van der Waals surface area contributed by atoms with E-state index in [1.165, 1.54) is 11.9 Å². The van der Waals surface area contributed by atoms with Gasteiger partial charge in [0.2, 0.25) is 23.4 Å². The van der Waals surface area contributed by atoms with Gasteiger partial charge in [-0.3, -0.25) is 9.59 Å². The molecule has 2 aromatic carbocycles. The Morgan fingerprint density at radius 3 is 2.42 bits per heavy atom. The number of nitrogens with one attached hydrogen (secondary N) is 1. The van der Waals surface area contributed by atoms with Crippen LogP contribution < -0.4 is 5.32 Å². The van der Waals surface area contributed by atoms with Crippen LogP contribution in [0, 0.1) is 0 Å². The summed E-state index contributed by atoms with van der Waals surface area (Å²) in [5.74, 6) is -0.257. The van der Waals surface area contributed by atoms with E-state index < -0.39 is 5.72 Å². The highest BCUT2D eigenvalue weighted by molar-refractivity contribution is 9.10. The second kappa shape index (κ2) is 7.29. The Kier molecular flexibility index (Phi) is 5.08. The second-order valence-electron chi connectivity index (χ2n) is 6.11. The van der Waals surface area contributed by atoms with Gasteiger partial charge in [0.1, 0.15) is 0 Å². The van der Waals surface area contributed by atoms with E-state index in [0.29, 0.717) is 11.6 Å². The zero-order chi connectivity index (χ0) is 18.7. The van der Waals surface area contributed by atoms with Gasteiger partial charge in [0.25, 0.3) is 0 Å². The third-order valence-electron chi connectivity index (χ3n) is 3.89. The van der Waals surface area contributed by atoms with Gasteiger partial charge in [-0.2, -0.15) is 5.01 Å². The Morgan fingerprint density at radius 1 is 1.15 bits per heavy atom. The van der Waals surface area contributed by atoms with Crippen molar-refractivity contribution in [2.24, 2.45) is 5.10 Å². The van der Waals surface area contributed by atoms with Gasteiger partial charge >= 0.3 is 0 Å². The number of hydrazone groups is 1. The predicted octanol–water partition coefficient (Wildman–Crippen LogP) is 3.73. The van der Waals surface area contributed by atoms with Crippen LogP contribution in [0.1, 0.15) is 25.8 Å². The fourth-order valence-electron chi connectivity index (χ4n) is 2.72. The molecule has 0 fully saturated rings. The fourth-order valence-corrected chi connectivity index (χ4v) is 2.98. The first-order valence-electron chi connectivity index (χ1n) is 8.07. The van der Waals surface area contributed by atoms with Crippen LogP contribution in [0.5, 0.6) is 0 Å². The molecule has 1 aliphatic rings. The number of benzene rings is 2. The Labute approximate surface area is 160 Å². The lowest BCUT2D eigenvalue weighted by Crippen LogP contribution is -2.46. The normalized spacial score (nSPS) is 18.9. The SMILES string of the molecule is CC(=O)N1N=C(c2ccc(Br)cc2)OC1(C)CC(=O)Nc1ccccc1. The van der Waals surface area contributed by atoms with E-state index in [-0.39, 0.29) is 18.2 Å². The number of nitrogens with zero attached hydrogens (tertiary/aromatic N) is 2. The summed E-state index contributed by atoms with van der Waals surface area (Å²) >= 11 is 3.38. The number of amides is 2. The van der Waals surface area contributed by atoms with Crippen molar-refractivity contribution < 1.29 is 14.3 Å². The van der Waals surface area contributed by atoms with Crippen LogP contribution in [0.3, 0.4) is 0 Å². The van der Waals surface area contributed by atoms with Gasteiger partial charge in [0.05, 0.1) is 6.42 Å². The van der Waals surface area contributed by atoms with Crippen LogP contribution in [0.25, 0.3) is 0 Å². The molecule has 2 aromatic rings. The number of carbonyl (C=O) groups excluding carboxylic acids is 2. The van der Waals surface area contributed by atoms with E-state index in [1.54, 1.807) is 19.1 Å². The molecule has 6 nitrogen and oxygen atoms in total. The molecule has 134 valence electrons. The zero-order valence-electron chi connectivity index (χ0n) is 14.4. The van der Waals surface area contributed by atoms with Crippen molar-refractivity contribution in [2.75, 3.05) is 5.32 Å². The first kappa shape index (κ1) is 18.1. The molecular formula is C19H18BrN3O3. The Bertz CT molecular complexity index is 852. The summed E-state index contributed by atoms with van der Waals surface area (Å²) in [5, 5.41) is 8.30. The number of hydrogen-bond acceptors (Lipinski definition) is 4. The molecule has 7 heteroatoms. The van der Waals surface area contributed by atoms with Crippen LogP contribution in [0.15, 0.2) is 64.2 Å². The van der Waals surface area contributed by atoms with Crippen molar-refractivity contribution in [2.45, 2.75) is 26.0 Å². The third-order valence-corrected chi connectivity index (χ3v) is 4.42. The van der Waals surface area contributed by atoms with Gasteiger partial charge < -0.3 is 10.1 Å². The molecule has 0 aromatic heterocycles. The number of ether oxygens (including phenoxy) is 1. The molecule has 1 aliphatic heterocycles. The maximum absolute atomic E-state index is 12.4. The molecule has 0 spiro atoms. The van der Waals surface area contributed by atoms with Crippen molar-refractivity contribution in [1.29, 1.82) is 0 Å². The van der Waals surface area contributed by atoms with Crippen molar-refractivity contribution in [3.63, 3.8) is 0 Å². The van der Waals surface area contributed by atoms with Crippen LogP contribution in [0.4, 0.5) is 5.69 Å². The van der Waals surface area contributed by atoms with Gasteiger partial charge in [-0.15, -0.1) is 5.10 Å². The van der Waals surface area contributed by atoms with Gasteiger partial charge in [0, 0.05) is 22.6 Å². The first-order valence-corrected chi connectivity index (χ1v) is 8.86. The summed E-state index contributed by atoms with van der Waals surface area (Å²) in [6.07, 6.45) is -0.0506. The van der Waals surface area contributed by atoms with Crippen LogP contribution in [-0.2, 0) is 14.3 Å². The summed E-state index contributed by atoms with van der Waals surface area (Å²) in [5.41, 5.74) is 0.224. The number of carbonyl (C=O) groups is 2. The minimum absolute atomic E-state index is 0.0506. The lowest BCUT2D eigenvalue weighted by molar-refractivity contribution is -0.147. The van der Waals surface area contributed by atoms with E-state index in [4.69, 9.17) is 4.74 Å². The van der Waals surface area contributed by atoms with Gasteiger partial charge in [-0.05, 0) is 43.3 Å². The molecule has 0 aliphatic carbocycles. The highest BCUT2D eigenvalue weighted by Gasteiger charge is 2.45. The van der Waals surface area contributed by atoms with Gasteiger partial charge in [-0.1, -0.05) is 34.1 Å². The van der Waals surface area contributed by atoms with E-state index in [0.717, 1.165) is 10.0 Å². The highest BCUT2D eigenvalue weighted by Crippen LogP contribution is 2.31. The molecule has 0 bridgehead atoms. The molecule has 26 heavy (non-hydrogen) atoms. The van der Waals surface area contributed by atoms with E-state index in [1.807, 2.05) is 42.5 Å². The van der Waals surface area contributed by atoms with Crippen LogP contribution in [0.2, 0.25) is 0 Å². The molecular weight excluding hydrogens is 398 g/mol. The molecule has 0 saturated heterocycles. The molecule has 1 heterocycles. The Hall–Kier alpha value is -2.67. The molecule has 0 saturated carbocycles. The quantitative estimate of drug-likeness (QED) is 0.826. The van der Waals surface area contributed by atoms with Crippen molar-refractivity contribution in [3.8, 4) is 0 Å². The topological polar surface area (TPSA) is 71.0 Å². The number of hydrogen-bond donors (Lipinski definition) is 1. The smallest absolute Gasteiger partial charge is 0.243 e. The van der Waals surface area contributed by atoms with Crippen molar-refractivity contribution >= 4 is 39.3 Å². The number of para-hydroxylation sites is 1. The van der Waals surface area contributed by atoms with E-state index in [9.17, 15) is 9.59 Å². The second-order valence-corrected chi connectivity index (χ2v) is 7.03. The standard InChI is InChI=1S/C19H18BrN3O3/c1-13(24)23-19(2,12-17(25)21-16-6-4-3-5-7-16)26-18(22-23)14-8-10-15(20)11-9-14/h3-11H,12H2,1-2H3,(H,21,25).